The minimum Gasteiger partial charge on any atom is -0.360 e. The van der Waals surface area contributed by atoms with Crippen molar-refractivity contribution >= 4 is 33.3 Å². The lowest BCUT2D eigenvalue weighted by atomic mass is 10.2. The third-order valence-electron chi connectivity index (χ3n) is 2.94. The number of rotatable bonds is 2. The van der Waals surface area contributed by atoms with Crippen LogP contribution in [0, 0.1) is 11.3 Å². The quantitative estimate of drug-likeness (QED) is 0.615. The molecule has 0 aromatic carbocycles. The summed E-state index contributed by atoms with van der Waals surface area (Å²) >= 11 is 1.53. The van der Waals surface area contributed by atoms with E-state index in [1.807, 2.05) is 16.3 Å². The van der Waals surface area contributed by atoms with Gasteiger partial charge in [-0.1, -0.05) is 0 Å². The van der Waals surface area contributed by atoms with Crippen LogP contribution in [0.15, 0.2) is 11.4 Å². The predicted octanol–water partition coefficient (Wildman–Crippen LogP) is 0.706. The second-order valence-electron chi connectivity index (χ2n) is 4.09. The molecule has 0 saturated carbocycles. The average molecular weight is 276 g/mol. The molecule has 0 spiro atoms. The van der Waals surface area contributed by atoms with Crippen LogP contribution in [0.25, 0.3) is 10.2 Å². The number of nitriles is 1. The number of nitrogens with two attached hydrogens (primary N) is 1. The highest BCUT2D eigenvalue weighted by atomic mass is 32.1. The van der Waals surface area contributed by atoms with Crippen molar-refractivity contribution in [3.63, 3.8) is 0 Å². The van der Waals surface area contributed by atoms with Crippen molar-refractivity contribution in [1.82, 2.24) is 9.97 Å². The fraction of sp³-hybridized carbons (Fsp3) is 0.364. The maximum atomic E-state index is 8.97. The molecule has 1 atom stereocenters. The van der Waals surface area contributed by atoms with Crippen molar-refractivity contribution in [2.24, 2.45) is 5.84 Å². The van der Waals surface area contributed by atoms with E-state index in [-0.39, 0.29) is 0 Å². The Labute approximate surface area is 113 Å². The standard InChI is InChI=1S/C11H12N6OS/c12-5-7-6-17(2-3-18-7)9-8-1-4-19-10(8)15-11(14-9)16-13/h1,4,7H,2-3,6,13H2,(H,14,15,16). The summed E-state index contributed by atoms with van der Waals surface area (Å²) in [6, 6.07) is 4.11. The molecule has 0 aliphatic carbocycles. The molecule has 0 amide bonds. The molecule has 1 fully saturated rings. The molecule has 3 rings (SSSR count). The molecular weight excluding hydrogens is 264 g/mol. The molecule has 98 valence electrons. The molecule has 1 saturated heterocycles. The number of thiophene rings is 1. The smallest absolute Gasteiger partial charge is 0.240 e. The number of hydrazine groups is 1. The van der Waals surface area contributed by atoms with E-state index in [1.165, 1.54) is 11.3 Å². The number of hydrogen-bond donors (Lipinski definition) is 2. The van der Waals surface area contributed by atoms with Gasteiger partial charge in [-0.25, -0.2) is 10.8 Å². The number of fused-ring (bicyclic) bond motifs is 1. The van der Waals surface area contributed by atoms with Crippen LogP contribution in [-0.4, -0.2) is 35.8 Å². The molecule has 2 aromatic rings. The van der Waals surface area contributed by atoms with Gasteiger partial charge in [0.05, 0.1) is 24.6 Å². The molecule has 3 N–H and O–H groups in total. The normalized spacial score (nSPS) is 19.4. The molecule has 0 bridgehead atoms. The number of nitrogens with one attached hydrogen (secondary N) is 1. The van der Waals surface area contributed by atoms with Gasteiger partial charge >= 0.3 is 0 Å². The fourth-order valence-electron chi connectivity index (χ4n) is 2.07. The number of hydrogen-bond acceptors (Lipinski definition) is 8. The Balaban J connectivity index is 2.03. The summed E-state index contributed by atoms with van der Waals surface area (Å²) in [5.41, 5.74) is 2.48. The summed E-state index contributed by atoms with van der Waals surface area (Å²) < 4.78 is 5.35. The molecule has 7 nitrogen and oxygen atoms in total. The molecule has 3 heterocycles. The lowest BCUT2D eigenvalue weighted by Gasteiger charge is -2.31. The lowest BCUT2D eigenvalue weighted by molar-refractivity contribution is 0.0763. The van der Waals surface area contributed by atoms with Gasteiger partial charge in [0, 0.05) is 6.54 Å². The van der Waals surface area contributed by atoms with Crippen LogP contribution in [0.5, 0.6) is 0 Å². The van der Waals surface area contributed by atoms with Gasteiger partial charge in [0.15, 0.2) is 6.10 Å². The van der Waals surface area contributed by atoms with E-state index in [9.17, 15) is 0 Å². The van der Waals surface area contributed by atoms with E-state index in [2.05, 4.69) is 21.5 Å². The highest BCUT2D eigenvalue weighted by Gasteiger charge is 2.23. The summed E-state index contributed by atoms with van der Waals surface area (Å²) in [4.78, 5) is 11.6. The zero-order valence-electron chi connectivity index (χ0n) is 10.0. The molecule has 2 aromatic heterocycles. The van der Waals surface area contributed by atoms with Crippen LogP contribution in [-0.2, 0) is 4.74 Å². The lowest BCUT2D eigenvalue weighted by Crippen LogP contribution is -2.42. The third kappa shape index (κ3) is 2.19. The fourth-order valence-corrected chi connectivity index (χ4v) is 2.82. The molecule has 19 heavy (non-hydrogen) atoms. The van der Waals surface area contributed by atoms with Crippen molar-refractivity contribution in [1.29, 1.82) is 5.26 Å². The van der Waals surface area contributed by atoms with Gasteiger partial charge in [-0.15, -0.1) is 11.3 Å². The molecular formula is C11H12N6OS. The van der Waals surface area contributed by atoms with Gasteiger partial charge < -0.3 is 9.64 Å². The molecule has 8 heteroatoms. The Bertz CT molecular complexity index is 636. The minimum absolute atomic E-state index is 0.380. The Morgan fingerprint density at radius 2 is 2.47 bits per heavy atom. The summed E-state index contributed by atoms with van der Waals surface area (Å²) in [5, 5.41) is 11.9. The van der Waals surface area contributed by atoms with Gasteiger partial charge in [-0.05, 0) is 11.4 Å². The SMILES string of the molecule is N#CC1CN(c2nc(NN)nc3sccc23)CCO1. The first-order chi connectivity index (χ1) is 9.31. The summed E-state index contributed by atoms with van der Waals surface area (Å²) in [5.74, 6) is 6.57. The number of nitrogen functional groups attached to an aromatic ring is 1. The van der Waals surface area contributed by atoms with Crippen LogP contribution in [0.3, 0.4) is 0 Å². The van der Waals surface area contributed by atoms with Crippen molar-refractivity contribution in [2.75, 3.05) is 30.0 Å². The second-order valence-corrected chi connectivity index (χ2v) is 4.98. The predicted molar refractivity (Wildman–Crippen MR) is 72.8 cm³/mol. The Kier molecular flexibility index (Phi) is 3.16. The number of aromatic nitrogens is 2. The van der Waals surface area contributed by atoms with E-state index in [4.69, 9.17) is 15.8 Å². The first-order valence-electron chi connectivity index (χ1n) is 5.80. The van der Waals surface area contributed by atoms with E-state index in [0.717, 1.165) is 16.0 Å². The first kappa shape index (κ1) is 12.1. The Morgan fingerprint density at radius 3 is 3.26 bits per heavy atom. The van der Waals surface area contributed by atoms with Gasteiger partial charge in [0.25, 0.3) is 0 Å². The maximum absolute atomic E-state index is 8.97. The molecule has 0 radical (unpaired) electrons. The number of ether oxygens (including phenoxy) is 1. The van der Waals surface area contributed by atoms with E-state index < -0.39 is 6.10 Å². The third-order valence-corrected chi connectivity index (χ3v) is 3.75. The van der Waals surface area contributed by atoms with E-state index in [0.29, 0.717) is 25.6 Å². The Hall–Kier alpha value is -1.95. The van der Waals surface area contributed by atoms with Crippen molar-refractivity contribution in [3.05, 3.63) is 11.4 Å². The van der Waals surface area contributed by atoms with Crippen molar-refractivity contribution in [3.8, 4) is 6.07 Å². The minimum atomic E-state index is -0.424. The van der Waals surface area contributed by atoms with Crippen molar-refractivity contribution in [2.45, 2.75) is 6.10 Å². The Morgan fingerprint density at radius 1 is 1.58 bits per heavy atom. The molecule has 1 aliphatic rings. The number of nitrogens with zero attached hydrogens (tertiary/aromatic N) is 4. The zero-order chi connectivity index (χ0) is 13.2. The number of anilines is 2. The van der Waals surface area contributed by atoms with Gasteiger partial charge in [-0.3, -0.25) is 5.43 Å². The van der Waals surface area contributed by atoms with Crippen LogP contribution < -0.4 is 16.2 Å². The van der Waals surface area contributed by atoms with Gasteiger partial charge in [0.2, 0.25) is 5.95 Å². The van der Waals surface area contributed by atoms with E-state index in [1.54, 1.807) is 0 Å². The molecule has 1 unspecified atom stereocenters. The summed E-state index contributed by atoms with van der Waals surface area (Å²) in [6.45, 7) is 1.71. The van der Waals surface area contributed by atoms with Gasteiger partial charge in [0.1, 0.15) is 10.6 Å². The highest BCUT2D eigenvalue weighted by molar-refractivity contribution is 7.16. The van der Waals surface area contributed by atoms with E-state index >= 15 is 0 Å². The average Bonchev–Trinajstić information content (AvgIpc) is 2.94. The topological polar surface area (TPSA) is 100 Å². The van der Waals surface area contributed by atoms with Crippen LogP contribution in [0.1, 0.15) is 0 Å². The largest absolute Gasteiger partial charge is 0.360 e. The highest BCUT2D eigenvalue weighted by Crippen LogP contribution is 2.29. The van der Waals surface area contributed by atoms with Crippen LogP contribution >= 0.6 is 11.3 Å². The van der Waals surface area contributed by atoms with Crippen molar-refractivity contribution < 1.29 is 4.74 Å². The maximum Gasteiger partial charge on any atom is 0.240 e. The van der Waals surface area contributed by atoms with Crippen LogP contribution in [0.4, 0.5) is 11.8 Å². The summed E-state index contributed by atoms with van der Waals surface area (Å²) in [7, 11) is 0. The zero-order valence-corrected chi connectivity index (χ0v) is 10.9. The molecule has 1 aliphatic heterocycles. The van der Waals surface area contributed by atoms with Gasteiger partial charge in [-0.2, -0.15) is 10.2 Å². The van der Waals surface area contributed by atoms with Crippen LogP contribution in [0.2, 0.25) is 0 Å². The second kappa shape index (κ2) is 4.97. The first-order valence-corrected chi connectivity index (χ1v) is 6.68. The monoisotopic (exact) mass is 276 g/mol. The number of morpholine rings is 1. The summed E-state index contributed by atoms with van der Waals surface area (Å²) in [6.07, 6.45) is -0.424.